The van der Waals surface area contributed by atoms with Crippen molar-refractivity contribution < 1.29 is 37.8 Å². The molecule has 0 aliphatic carbocycles. The molecule has 8 nitrogen and oxygen atoms in total. The number of benzene rings is 3. The minimum atomic E-state index is -4.58. The van der Waals surface area contributed by atoms with Gasteiger partial charge in [0.25, 0.3) is 0 Å². The van der Waals surface area contributed by atoms with E-state index in [-0.39, 0.29) is 45.2 Å². The highest BCUT2D eigenvalue weighted by molar-refractivity contribution is 9.10. The summed E-state index contributed by atoms with van der Waals surface area (Å²) in [6.07, 6.45) is 0. The smallest absolute Gasteiger partial charge is 0.249 e. The Hall–Kier alpha value is -3.29. The van der Waals surface area contributed by atoms with Gasteiger partial charge in [0.1, 0.15) is 28.4 Å². The largest absolute Gasteiger partial charge is 0.496 e. The van der Waals surface area contributed by atoms with Crippen molar-refractivity contribution in [2.75, 3.05) is 35.5 Å². The third kappa shape index (κ3) is 4.54. The zero-order chi connectivity index (χ0) is 25.8. The van der Waals surface area contributed by atoms with Crippen LogP contribution in [0.15, 0.2) is 59.1 Å². The van der Waals surface area contributed by atoms with Crippen LogP contribution in [0, 0.1) is 0 Å². The Kier molecular flexibility index (Phi) is 8.25. The van der Waals surface area contributed by atoms with E-state index in [0.717, 1.165) is 0 Å². The molecule has 3 rings (SSSR count). The SMILES string of the molecule is COc1cc(Br)c(OC)c(C(=O)P(=O)(C(=O)c2c(OC)cccc2OC)c2ccccc2)c1OC. The number of halogens is 1. The summed E-state index contributed by atoms with van der Waals surface area (Å²) in [5.74, 6) is 0.440. The molecular formula is C25H24BrO8P. The fourth-order valence-corrected chi connectivity index (χ4v) is 6.55. The van der Waals surface area contributed by atoms with Gasteiger partial charge in [-0.15, -0.1) is 0 Å². The zero-order valence-electron chi connectivity index (χ0n) is 19.8. The Balaban J connectivity index is 2.42. The fourth-order valence-electron chi connectivity index (χ4n) is 3.68. The molecular weight excluding hydrogens is 539 g/mol. The molecule has 0 amide bonds. The van der Waals surface area contributed by atoms with E-state index in [9.17, 15) is 14.2 Å². The minimum absolute atomic E-state index is 0.0199. The monoisotopic (exact) mass is 562 g/mol. The van der Waals surface area contributed by atoms with Crippen LogP contribution in [0.5, 0.6) is 28.7 Å². The summed E-state index contributed by atoms with van der Waals surface area (Å²) in [5.41, 5.74) is -2.26. The molecule has 0 N–H and O–H groups in total. The summed E-state index contributed by atoms with van der Waals surface area (Å²) in [7, 11) is 2.23. The van der Waals surface area contributed by atoms with E-state index in [0.29, 0.717) is 4.47 Å². The van der Waals surface area contributed by atoms with Crippen LogP contribution < -0.4 is 29.0 Å². The first-order valence-corrected chi connectivity index (χ1v) is 12.7. The Morgan fingerprint density at radius 2 is 1.17 bits per heavy atom. The lowest BCUT2D eigenvalue weighted by Gasteiger charge is -2.22. The summed E-state index contributed by atoms with van der Waals surface area (Å²) in [4.78, 5) is 28.4. The highest BCUT2D eigenvalue weighted by Crippen LogP contribution is 2.57. The Labute approximate surface area is 211 Å². The fraction of sp³-hybridized carbons (Fsp3) is 0.200. The number of carbonyl (C=O) groups excluding carboxylic acids is 2. The summed E-state index contributed by atoms with van der Waals surface area (Å²) < 4.78 is 42.2. The van der Waals surface area contributed by atoms with Crippen LogP contribution in [0.3, 0.4) is 0 Å². The molecule has 0 bridgehead atoms. The van der Waals surface area contributed by atoms with Crippen LogP contribution in [0.4, 0.5) is 0 Å². The van der Waals surface area contributed by atoms with Gasteiger partial charge in [-0.1, -0.05) is 36.4 Å². The number of methoxy groups -OCH3 is 5. The molecule has 0 aliphatic rings. The van der Waals surface area contributed by atoms with Gasteiger partial charge in [-0.05, 0) is 28.1 Å². The quantitative estimate of drug-likeness (QED) is 0.312. The molecule has 3 aromatic carbocycles. The molecule has 0 saturated carbocycles. The van der Waals surface area contributed by atoms with Crippen LogP contribution >= 0.6 is 23.1 Å². The summed E-state index contributed by atoms with van der Waals surface area (Å²) in [5, 5.41) is 0.0333. The lowest BCUT2D eigenvalue weighted by atomic mass is 10.1. The van der Waals surface area contributed by atoms with Crippen molar-refractivity contribution in [2.24, 2.45) is 0 Å². The Bertz CT molecular complexity index is 1280. The van der Waals surface area contributed by atoms with Gasteiger partial charge in [0.2, 0.25) is 18.2 Å². The van der Waals surface area contributed by atoms with E-state index in [4.69, 9.17) is 23.7 Å². The molecule has 0 saturated heterocycles. The lowest BCUT2D eigenvalue weighted by molar-refractivity contribution is 0.103. The van der Waals surface area contributed by atoms with Crippen molar-refractivity contribution in [1.82, 2.24) is 0 Å². The number of ether oxygens (including phenoxy) is 5. The Morgan fingerprint density at radius 1 is 0.657 bits per heavy atom. The highest BCUT2D eigenvalue weighted by Gasteiger charge is 2.47. The minimum Gasteiger partial charge on any atom is -0.496 e. The van der Waals surface area contributed by atoms with Gasteiger partial charge >= 0.3 is 0 Å². The van der Waals surface area contributed by atoms with E-state index in [2.05, 4.69) is 15.9 Å². The maximum absolute atomic E-state index is 14.8. The molecule has 0 fully saturated rings. The first-order chi connectivity index (χ1) is 16.8. The maximum Gasteiger partial charge on any atom is 0.249 e. The third-order valence-electron chi connectivity index (χ3n) is 5.33. The Morgan fingerprint density at radius 3 is 1.66 bits per heavy atom. The number of hydrogen-bond donors (Lipinski definition) is 0. The average molecular weight is 563 g/mol. The predicted molar refractivity (Wildman–Crippen MR) is 136 cm³/mol. The number of carbonyl (C=O) groups is 2. The molecule has 0 spiro atoms. The summed E-state index contributed by atoms with van der Waals surface area (Å²) in [6.45, 7) is 0. The summed E-state index contributed by atoms with van der Waals surface area (Å²) in [6, 6.07) is 14.0. The van der Waals surface area contributed by atoms with E-state index in [1.165, 1.54) is 59.8 Å². The molecule has 1 unspecified atom stereocenters. The molecule has 10 heteroatoms. The van der Waals surface area contributed by atoms with Crippen molar-refractivity contribution in [3.05, 3.63) is 70.2 Å². The van der Waals surface area contributed by atoms with Crippen molar-refractivity contribution in [2.45, 2.75) is 0 Å². The van der Waals surface area contributed by atoms with E-state index in [1.807, 2.05) is 0 Å². The number of hydrogen-bond acceptors (Lipinski definition) is 8. The highest BCUT2D eigenvalue weighted by atomic mass is 79.9. The molecule has 0 heterocycles. The molecule has 35 heavy (non-hydrogen) atoms. The van der Waals surface area contributed by atoms with Crippen molar-refractivity contribution in [3.63, 3.8) is 0 Å². The maximum atomic E-state index is 14.8. The van der Waals surface area contributed by atoms with Crippen LogP contribution in [0.1, 0.15) is 20.7 Å². The molecule has 0 aliphatic heterocycles. The first kappa shape index (κ1) is 26.3. The third-order valence-corrected chi connectivity index (χ3v) is 8.53. The van der Waals surface area contributed by atoms with Gasteiger partial charge in [-0.2, -0.15) is 0 Å². The molecule has 0 radical (unpaired) electrons. The molecule has 3 aromatic rings. The molecule has 0 aromatic heterocycles. The van der Waals surface area contributed by atoms with Crippen molar-refractivity contribution >= 4 is 39.4 Å². The van der Waals surface area contributed by atoms with Crippen molar-refractivity contribution in [1.29, 1.82) is 0 Å². The average Bonchev–Trinajstić information content (AvgIpc) is 2.90. The second-order valence-corrected chi connectivity index (χ2v) is 10.5. The van der Waals surface area contributed by atoms with E-state index in [1.54, 1.807) is 30.3 Å². The number of rotatable bonds is 10. The van der Waals surface area contributed by atoms with Crippen LogP contribution in [-0.4, -0.2) is 46.6 Å². The van der Waals surface area contributed by atoms with Gasteiger partial charge < -0.3 is 28.2 Å². The van der Waals surface area contributed by atoms with Gasteiger partial charge in [0.15, 0.2) is 11.5 Å². The van der Waals surface area contributed by atoms with Crippen LogP contribution in [0.2, 0.25) is 0 Å². The second-order valence-electron chi connectivity index (χ2n) is 7.09. The molecule has 184 valence electrons. The standard InChI is InChI=1S/C25H24BrO8P/c1-30-17-12-9-13-18(31-2)20(17)24(27)35(29,15-10-7-6-8-11-15)25(28)21-22(33-4)16(26)14-19(32-3)23(21)34-5/h6-14H,1-5H3. The lowest BCUT2D eigenvalue weighted by Crippen LogP contribution is -2.22. The van der Waals surface area contributed by atoms with Gasteiger partial charge in [-0.3, -0.25) is 9.59 Å². The normalized spacial score (nSPS) is 12.3. The predicted octanol–water partition coefficient (Wildman–Crippen LogP) is 5.16. The van der Waals surface area contributed by atoms with E-state index >= 15 is 0 Å². The first-order valence-electron chi connectivity index (χ1n) is 10.2. The molecule has 1 atom stereocenters. The van der Waals surface area contributed by atoms with Gasteiger partial charge in [0, 0.05) is 11.4 Å². The topological polar surface area (TPSA) is 97.4 Å². The van der Waals surface area contributed by atoms with E-state index < -0.39 is 18.2 Å². The van der Waals surface area contributed by atoms with Gasteiger partial charge in [0.05, 0.1) is 40.0 Å². The second kappa shape index (κ2) is 11.0. The zero-order valence-corrected chi connectivity index (χ0v) is 22.3. The van der Waals surface area contributed by atoms with Crippen LogP contribution in [0.25, 0.3) is 0 Å². The summed E-state index contributed by atoms with van der Waals surface area (Å²) >= 11 is 3.35. The van der Waals surface area contributed by atoms with Gasteiger partial charge in [-0.25, -0.2) is 0 Å². The van der Waals surface area contributed by atoms with Crippen molar-refractivity contribution in [3.8, 4) is 28.7 Å². The van der Waals surface area contributed by atoms with Crippen LogP contribution in [-0.2, 0) is 4.57 Å².